The third kappa shape index (κ3) is 2.37. The molecule has 3 aromatic rings. The Bertz CT molecular complexity index is 790. The van der Waals surface area contributed by atoms with Crippen LogP contribution in [0.4, 0.5) is 0 Å². The number of nitrogens with one attached hydrogen (secondary N) is 1. The number of fused-ring (bicyclic) bond motifs is 2. The molecule has 0 atom stereocenters. The zero-order valence-corrected chi connectivity index (χ0v) is 11.7. The summed E-state index contributed by atoms with van der Waals surface area (Å²) in [5.41, 5.74) is 0.710. The molecular weight excluding hydrogens is 246 g/mol. The normalized spacial score (nSPS) is 11.2. The van der Waals surface area contributed by atoms with Gasteiger partial charge in [0.25, 0.3) is 5.91 Å². The molecule has 0 radical (unpaired) electrons. The molecule has 0 bridgehead atoms. The van der Waals surface area contributed by atoms with Crippen LogP contribution in [0.3, 0.4) is 0 Å². The SMILES string of the molecule is CC(C)NC(=O)c1ccc2cc3ccccc3cc2c1. The number of amides is 1. The third-order valence-electron chi connectivity index (χ3n) is 3.39. The first kappa shape index (κ1) is 12.7. The van der Waals surface area contributed by atoms with Crippen LogP contribution in [0.2, 0.25) is 0 Å². The first-order valence-corrected chi connectivity index (χ1v) is 6.87. The summed E-state index contributed by atoms with van der Waals surface area (Å²) in [7, 11) is 0. The Balaban J connectivity index is 2.10. The highest BCUT2D eigenvalue weighted by Crippen LogP contribution is 2.23. The number of carbonyl (C=O) groups excluding carboxylic acids is 1. The minimum Gasteiger partial charge on any atom is -0.350 e. The van der Waals surface area contributed by atoms with Crippen LogP contribution in [0, 0.1) is 0 Å². The highest BCUT2D eigenvalue weighted by molar-refractivity contribution is 6.03. The first-order valence-electron chi connectivity index (χ1n) is 6.87. The lowest BCUT2D eigenvalue weighted by atomic mass is 10.0. The molecule has 20 heavy (non-hydrogen) atoms. The molecule has 100 valence electrons. The summed E-state index contributed by atoms with van der Waals surface area (Å²) in [4.78, 5) is 12.1. The van der Waals surface area contributed by atoms with Gasteiger partial charge in [0.2, 0.25) is 0 Å². The van der Waals surface area contributed by atoms with Gasteiger partial charge in [-0.3, -0.25) is 4.79 Å². The van der Waals surface area contributed by atoms with Crippen molar-refractivity contribution < 1.29 is 4.79 Å². The predicted molar refractivity (Wildman–Crippen MR) is 84.1 cm³/mol. The molecule has 0 spiro atoms. The smallest absolute Gasteiger partial charge is 0.251 e. The number of benzene rings is 3. The Morgan fingerprint density at radius 3 is 2.10 bits per heavy atom. The monoisotopic (exact) mass is 263 g/mol. The molecule has 0 aliphatic carbocycles. The van der Waals surface area contributed by atoms with Crippen LogP contribution >= 0.6 is 0 Å². The lowest BCUT2D eigenvalue weighted by Crippen LogP contribution is -2.29. The van der Waals surface area contributed by atoms with Gasteiger partial charge >= 0.3 is 0 Å². The molecule has 0 unspecified atom stereocenters. The topological polar surface area (TPSA) is 29.1 Å². The minimum atomic E-state index is -0.0185. The fraction of sp³-hybridized carbons (Fsp3) is 0.167. The van der Waals surface area contributed by atoms with E-state index in [-0.39, 0.29) is 11.9 Å². The van der Waals surface area contributed by atoms with Crippen molar-refractivity contribution in [3.05, 3.63) is 60.2 Å². The number of carbonyl (C=O) groups is 1. The van der Waals surface area contributed by atoms with E-state index in [4.69, 9.17) is 0 Å². The van der Waals surface area contributed by atoms with Gasteiger partial charge in [0.1, 0.15) is 0 Å². The molecule has 0 aliphatic rings. The van der Waals surface area contributed by atoms with Crippen molar-refractivity contribution in [2.75, 3.05) is 0 Å². The molecule has 1 amide bonds. The zero-order chi connectivity index (χ0) is 14.1. The summed E-state index contributed by atoms with van der Waals surface area (Å²) in [5.74, 6) is -0.0185. The molecule has 2 nitrogen and oxygen atoms in total. The van der Waals surface area contributed by atoms with E-state index in [0.717, 1.165) is 10.8 Å². The van der Waals surface area contributed by atoms with Crippen molar-refractivity contribution in [1.82, 2.24) is 5.32 Å². The maximum atomic E-state index is 12.1. The highest BCUT2D eigenvalue weighted by atomic mass is 16.1. The van der Waals surface area contributed by atoms with Crippen molar-refractivity contribution in [2.45, 2.75) is 19.9 Å². The van der Waals surface area contributed by atoms with Gasteiger partial charge in [0.05, 0.1) is 0 Å². The largest absolute Gasteiger partial charge is 0.350 e. The number of rotatable bonds is 2. The van der Waals surface area contributed by atoms with Crippen LogP contribution in [-0.4, -0.2) is 11.9 Å². The van der Waals surface area contributed by atoms with Crippen LogP contribution in [-0.2, 0) is 0 Å². The maximum absolute atomic E-state index is 12.1. The fourth-order valence-electron chi connectivity index (χ4n) is 2.43. The van der Waals surface area contributed by atoms with Crippen molar-refractivity contribution in [2.24, 2.45) is 0 Å². The summed E-state index contributed by atoms with van der Waals surface area (Å²) >= 11 is 0. The van der Waals surface area contributed by atoms with E-state index < -0.39 is 0 Å². The van der Waals surface area contributed by atoms with Gasteiger partial charge in [0.15, 0.2) is 0 Å². The summed E-state index contributed by atoms with van der Waals surface area (Å²) in [6.07, 6.45) is 0. The van der Waals surface area contributed by atoms with E-state index in [1.54, 1.807) is 0 Å². The summed E-state index contributed by atoms with van der Waals surface area (Å²) < 4.78 is 0. The van der Waals surface area contributed by atoms with Crippen molar-refractivity contribution in [3.8, 4) is 0 Å². The molecule has 0 fully saturated rings. The molecule has 1 N–H and O–H groups in total. The van der Waals surface area contributed by atoms with Gasteiger partial charge in [-0.1, -0.05) is 30.3 Å². The van der Waals surface area contributed by atoms with Crippen LogP contribution < -0.4 is 5.32 Å². The van der Waals surface area contributed by atoms with E-state index in [9.17, 15) is 4.79 Å². The van der Waals surface area contributed by atoms with Gasteiger partial charge < -0.3 is 5.32 Å². The van der Waals surface area contributed by atoms with Crippen LogP contribution in [0.25, 0.3) is 21.5 Å². The standard InChI is InChI=1S/C18H17NO/c1-12(2)19-18(20)16-8-7-15-9-13-5-3-4-6-14(13)10-17(15)11-16/h3-12H,1-2H3,(H,19,20). The van der Waals surface area contributed by atoms with Gasteiger partial charge in [-0.25, -0.2) is 0 Å². The Morgan fingerprint density at radius 2 is 1.45 bits per heavy atom. The molecule has 0 saturated carbocycles. The van der Waals surface area contributed by atoms with Gasteiger partial charge in [-0.15, -0.1) is 0 Å². The second-order valence-electron chi connectivity index (χ2n) is 5.39. The Kier molecular flexibility index (Phi) is 3.15. The average Bonchev–Trinajstić information content (AvgIpc) is 2.43. The van der Waals surface area contributed by atoms with Gasteiger partial charge in [-0.2, -0.15) is 0 Å². The summed E-state index contributed by atoms with van der Waals surface area (Å²) in [5, 5.41) is 7.59. The summed E-state index contributed by atoms with van der Waals surface area (Å²) in [6.45, 7) is 3.93. The Hall–Kier alpha value is -2.35. The lowest BCUT2D eigenvalue weighted by Gasteiger charge is -2.09. The Labute approximate surface area is 118 Å². The summed E-state index contributed by atoms with van der Waals surface area (Å²) in [6, 6.07) is 18.6. The molecule has 0 aromatic heterocycles. The zero-order valence-electron chi connectivity index (χ0n) is 11.7. The second kappa shape index (κ2) is 4.97. The second-order valence-corrected chi connectivity index (χ2v) is 5.39. The van der Waals surface area contributed by atoms with Gasteiger partial charge in [-0.05, 0) is 59.7 Å². The van der Waals surface area contributed by atoms with E-state index >= 15 is 0 Å². The average molecular weight is 263 g/mol. The Morgan fingerprint density at radius 1 is 0.850 bits per heavy atom. The van der Waals surface area contributed by atoms with E-state index in [2.05, 4.69) is 29.6 Å². The number of hydrogen-bond donors (Lipinski definition) is 1. The maximum Gasteiger partial charge on any atom is 0.251 e. The number of hydrogen-bond acceptors (Lipinski definition) is 1. The van der Waals surface area contributed by atoms with E-state index in [1.165, 1.54) is 10.8 Å². The van der Waals surface area contributed by atoms with E-state index in [0.29, 0.717) is 5.56 Å². The fourth-order valence-corrected chi connectivity index (χ4v) is 2.43. The van der Waals surface area contributed by atoms with Crippen molar-refractivity contribution >= 4 is 27.5 Å². The molecule has 3 rings (SSSR count). The molecule has 0 aliphatic heterocycles. The molecule has 0 heterocycles. The van der Waals surface area contributed by atoms with Crippen molar-refractivity contribution in [3.63, 3.8) is 0 Å². The van der Waals surface area contributed by atoms with E-state index in [1.807, 2.05) is 44.2 Å². The lowest BCUT2D eigenvalue weighted by molar-refractivity contribution is 0.0943. The first-order chi connectivity index (χ1) is 9.63. The predicted octanol–water partition coefficient (Wildman–Crippen LogP) is 4.13. The molecule has 3 aromatic carbocycles. The molecule has 0 saturated heterocycles. The van der Waals surface area contributed by atoms with Crippen LogP contribution in [0.15, 0.2) is 54.6 Å². The quantitative estimate of drug-likeness (QED) is 0.692. The third-order valence-corrected chi connectivity index (χ3v) is 3.39. The van der Waals surface area contributed by atoms with Gasteiger partial charge in [0, 0.05) is 11.6 Å². The molecular formula is C18H17NO. The minimum absolute atomic E-state index is 0.0185. The highest BCUT2D eigenvalue weighted by Gasteiger charge is 2.07. The van der Waals surface area contributed by atoms with Crippen LogP contribution in [0.5, 0.6) is 0 Å². The van der Waals surface area contributed by atoms with Crippen LogP contribution in [0.1, 0.15) is 24.2 Å². The molecule has 2 heteroatoms. The van der Waals surface area contributed by atoms with Crippen molar-refractivity contribution in [1.29, 1.82) is 0 Å².